The van der Waals surface area contributed by atoms with E-state index in [2.05, 4.69) is 5.32 Å². The van der Waals surface area contributed by atoms with Crippen LogP contribution in [0.4, 0.5) is 0 Å². The summed E-state index contributed by atoms with van der Waals surface area (Å²) >= 11 is 0. The highest BCUT2D eigenvalue weighted by molar-refractivity contribution is 5.85. The molecule has 1 aromatic rings. The van der Waals surface area contributed by atoms with Gasteiger partial charge in [0.05, 0.1) is 0 Å². The summed E-state index contributed by atoms with van der Waals surface area (Å²) in [7, 11) is 0. The summed E-state index contributed by atoms with van der Waals surface area (Å²) in [5.74, 6) is -1.36. The van der Waals surface area contributed by atoms with Crippen LogP contribution in [0, 0.1) is 5.92 Å². The minimum atomic E-state index is -1.03. The number of rotatable bonds is 7. The van der Waals surface area contributed by atoms with E-state index >= 15 is 0 Å². The lowest BCUT2D eigenvalue weighted by atomic mass is 9.94. The van der Waals surface area contributed by atoms with Crippen LogP contribution in [0.5, 0.6) is 0 Å². The molecule has 0 aliphatic carbocycles. The van der Waals surface area contributed by atoms with E-state index in [1.54, 1.807) is 4.90 Å². The molecule has 1 aliphatic heterocycles. The molecular formula is C19H26N2O4. The molecule has 0 radical (unpaired) electrons. The van der Waals surface area contributed by atoms with E-state index in [-0.39, 0.29) is 24.2 Å². The first-order chi connectivity index (χ1) is 12.0. The number of hydrogen-bond donors (Lipinski definition) is 2. The van der Waals surface area contributed by atoms with Crippen LogP contribution < -0.4 is 5.32 Å². The second kappa shape index (κ2) is 9.20. The summed E-state index contributed by atoms with van der Waals surface area (Å²) in [6, 6.07) is 8.32. The fourth-order valence-corrected chi connectivity index (χ4v) is 3.10. The van der Waals surface area contributed by atoms with Gasteiger partial charge in [-0.05, 0) is 24.8 Å². The lowest BCUT2D eigenvalue weighted by molar-refractivity contribution is -0.143. The molecule has 1 unspecified atom stereocenters. The Kier molecular flexibility index (Phi) is 6.98. The first-order valence-corrected chi connectivity index (χ1v) is 8.86. The summed E-state index contributed by atoms with van der Waals surface area (Å²) in [5.41, 5.74) is 0.871. The maximum atomic E-state index is 12.4. The van der Waals surface area contributed by atoms with Gasteiger partial charge in [0.2, 0.25) is 11.8 Å². The highest BCUT2D eigenvalue weighted by Crippen LogP contribution is 2.19. The number of likely N-dealkylation sites (tertiary alicyclic amines) is 1. The van der Waals surface area contributed by atoms with Crippen molar-refractivity contribution in [3.63, 3.8) is 0 Å². The lowest BCUT2D eigenvalue weighted by Gasteiger charge is -2.32. The van der Waals surface area contributed by atoms with Gasteiger partial charge in [0.1, 0.15) is 6.04 Å². The summed E-state index contributed by atoms with van der Waals surface area (Å²) in [6.07, 6.45) is 2.78. The van der Waals surface area contributed by atoms with Crippen LogP contribution >= 0.6 is 0 Å². The highest BCUT2D eigenvalue weighted by Gasteiger charge is 2.29. The molecule has 1 atom stereocenters. The molecule has 1 saturated heterocycles. The number of carboxylic acids is 1. The van der Waals surface area contributed by atoms with Crippen LogP contribution in [0.25, 0.3) is 0 Å². The zero-order chi connectivity index (χ0) is 18.2. The molecular weight excluding hydrogens is 320 g/mol. The van der Waals surface area contributed by atoms with Crippen molar-refractivity contribution in [2.75, 3.05) is 13.1 Å². The van der Waals surface area contributed by atoms with Gasteiger partial charge in [-0.15, -0.1) is 0 Å². The normalized spacial score (nSPS) is 16.3. The Labute approximate surface area is 148 Å². The highest BCUT2D eigenvalue weighted by atomic mass is 16.4. The number of carboxylic acid groups (broad SMARTS) is 1. The van der Waals surface area contributed by atoms with Crippen LogP contribution in [0.15, 0.2) is 30.3 Å². The fraction of sp³-hybridized carbons (Fsp3) is 0.526. The number of benzene rings is 1. The second-order valence-electron chi connectivity index (χ2n) is 6.49. The Bertz CT molecular complexity index is 595. The Morgan fingerprint density at radius 2 is 1.84 bits per heavy atom. The van der Waals surface area contributed by atoms with Gasteiger partial charge < -0.3 is 15.3 Å². The number of piperidine rings is 1. The van der Waals surface area contributed by atoms with Crippen molar-refractivity contribution in [1.29, 1.82) is 0 Å². The molecule has 2 amide bonds. The largest absolute Gasteiger partial charge is 0.480 e. The van der Waals surface area contributed by atoms with Crippen molar-refractivity contribution in [2.45, 2.75) is 45.1 Å². The summed E-state index contributed by atoms with van der Waals surface area (Å²) in [4.78, 5) is 37.6. The van der Waals surface area contributed by atoms with E-state index in [4.69, 9.17) is 0 Å². The van der Waals surface area contributed by atoms with Gasteiger partial charge in [0, 0.05) is 31.8 Å². The van der Waals surface area contributed by atoms with E-state index in [9.17, 15) is 19.5 Å². The van der Waals surface area contributed by atoms with E-state index in [1.807, 2.05) is 37.3 Å². The summed E-state index contributed by atoms with van der Waals surface area (Å²) in [6.45, 7) is 3.09. The number of carbonyl (C=O) groups is 3. The van der Waals surface area contributed by atoms with Crippen LogP contribution in [0.2, 0.25) is 0 Å². The molecule has 1 heterocycles. The van der Waals surface area contributed by atoms with E-state index in [0.29, 0.717) is 32.4 Å². The van der Waals surface area contributed by atoms with Gasteiger partial charge in [0.25, 0.3) is 0 Å². The van der Waals surface area contributed by atoms with Gasteiger partial charge >= 0.3 is 5.97 Å². The average molecular weight is 346 g/mol. The fourth-order valence-electron chi connectivity index (χ4n) is 3.10. The average Bonchev–Trinajstić information content (AvgIpc) is 2.62. The molecule has 2 rings (SSSR count). The molecule has 1 aliphatic rings. The predicted molar refractivity (Wildman–Crippen MR) is 93.9 cm³/mol. The molecule has 136 valence electrons. The Morgan fingerprint density at radius 3 is 2.40 bits per heavy atom. The monoisotopic (exact) mass is 346 g/mol. The van der Waals surface area contributed by atoms with Crippen molar-refractivity contribution < 1.29 is 19.5 Å². The molecule has 1 fully saturated rings. The molecule has 6 heteroatoms. The number of nitrogens with one attached hydrogen (secondary N) is 1. The molecule has 0 aromatic heterocycles. The van der Waals surface area contributed by atoms with Crippen LogP contribution in [-0.2, 0) is 20.8 Å². The van der Waals surface area contributed by atoms with Gasteiger partial charge in [-0.3, -0.25) is 9.59 Å². The molecule has 1 aromatic carbocycles. The SMILES string of the molecule is CCCC(=O)N1CCC(C(=O)NC(Cc2ccccc2)C(=O)O)CC1. The molecule has 2 N–H and O–H groups in total. The van der Waals surface area contributed by atoms with Gasteiger partial charge in [-0.25, -0.2) is 4.79 Å². The quantitative estimate of drug-likeness (QED) is 0.789. The topological polar surface area (TPSA) is 86.7 Å². The maximum Gasteiger partial charge on any atom is 0.326 e. The standard InChI is InChI=1S/C19H26N2O4/c1-2-6-17(22)21-11-9-15(10-12-21)18(23)20-16(19(24)25)13-14-7-4-3-5-8-14/h3-5,7-8,15-16H,2,6,9-13H2,1H3,(H,20,23)(H,24,25). The summed E-state index contributed by atoms with van der Waals surface area (Å²) < 4.78 is 0. The third-order valence-corrected chi connectivity index (χ3v) is 4.58. The minimum Gasteiger partial charge on any atom is -0.480 e. The van der Waals surface area contributed by atoms with E-state index in [1.165, 1.54) is 0 Å². The smallest absolute Gasteiger partial charge is 0.326 e. The number of carbonyl (C=O) groups excluding carboxylic acids is 2. The molecule has 6 nitrogen and oxygen atoms in total. The van der Waals surface area contributed by atoms with Crippen molar-refractivity contribution in [1.82, 2.24) is 10.2 Å². The van der Waals surface area contributed by atoms with Crippen molar-refractivity contribution >= 4 is 17.8 Å². The second-order valence-corrected chi connectivity index (χ2v) is 6.49. The maximum absolute atomic E-state index is 12.4. The number of amides is 2. The number of aliphatic carboxylic acids is 1. The van der Waals surface area contributed by atoms with Gasteiger partial charge in [-0.1, -0.05) is 37.3 Å². The molecule has 0 saturated carbocycles. The first-order valence-electron chi connectivity index (χ1n) is 8.86. The zero-order valence-electron chi connectivity index (χ0n) is 14.6. The summed E-state index contributed by atoms with van der Waals surface area (Å²) in [5, 5.41) is 12.1. The van der Waals surface area contributed by atoms with Crippen molar-refractivity contribution in [3.05, 3.63) is 35.9 Å². The predicted octanol–water partition coefficient (Wildman–Crippen LogP) is 1.84. The van der Waals surface area contributed by atoms with Crippen molar-refractivity contribution in [2.24, 2.45) is 5.92 Å². The van der Waals surface area contributed by atoms with E-state index in [0.717, 1.165) is 12.0 Å². The lowest BCUT2D eigenvalue weighted by Crippen LogP contribution is -2.48. The third-order valence-electron chi connectivity index (χ3n) is 4.58. The van der Waals surface area contributed by atoms with Crippen LogP contribution in [0.1, 0.15) is 38.2 Å². The van der Waals surface area contributed by atoms with Crippen LogP contribution in [-0.4, -0.2) is 46.9 Å². The third kappa shape index (κ3) is 5.59. The number of hydrogen-bond acceptors (Lipinski definition) is 3. The van der Waals surface area contributed by atoms with Gasteiger partial charge in [-0.2, -0.15) is 0 Å². The Balaban J connectivity index is 1.87. The van der Waals surface area contributed by atoms with Gasteiger partial charge in [0.15, 0.2) is 0 Å². The Morgan fingerprint density at radius 1 is 1.20 bits per heavy atom. The number of nitrogens with zero attached hydrogens (tertiary/aromatic N) is 1. The van der Waals surface area contributed by atoms with Crippen molar-refractivity contribution in [3.8, 4) is 0 Å². The molecule has 0 bridgehead atoms. The zero-order valence-corrected chi connectivity index (χ0v) is 14.6. The van der Waals surface area contributed by atoms with E-state index < -0.39 is 12.0 Å². The first kappa shape index (κ1) is 19.0. The Hall–Kier alpha value is -2.37. The van der Waals surface area contributed by atoms with Crippen LogP contribution in [0.3, 0.4) is 0 Å². The molecule has 0 spiro atoms. The molecule has 25 heavy (non-hydrogen) atoms. The minimum absolute atomic E-state index is 0.133.